The fourth-order valence-corrected chi connectivity index (χ4v) is 3.22. The van der Waals surface area contributed by atoms with E-state index in [-0.39, 0.29) is 0 Å². The number of hydrogen-bond acceptors (Lipinski definition) is 4. The predicted molar refractivity (Wildman–Crippen MR) is 88.9 cm³/mol. The van der Waals surface area contributed by atoms with Crippen LogP contribution < -0.4 is 4.80 Å². The molecule has 0 N–H and O–H groups in total. The number of rotatable bonds is 7. The van der Waals surface area contributed by atoms with E-state index in [2.05, 4.69) is 40.6 Å². The van der Waals surface area contributed by atoms with Crippen molar-refractivity contribution in [2.75, 3.05) is 19.6 Å². The molecule has 0 radical (unpaired) electrons. The van der Waals surface area contributed by atoms with Crippen molar-refractivity contribution in [1.82, 2.24) is 14.5 Å². The van der Waals surface area contributed by atoms with Gasteiger partial charge >= 0.3 is 0 Å². The minimum Gasteiger partial charge on any atom is -0.321 e. The highest BCUT2D eigenvalue weighted by Crippen LogP contribution is 2.09. The Morgan fingerprint density at radius 1 is 1.33 bits per heavy atom. The van der Waals surface area contributed by atoms with Gasteiger partial charge in [-0.2, -0.15) is 0 Å². The molecule has 4 nitrogen and oxygen atoms in total. The van der Waals surface area contributed by atoms with Crippen molar-refractivity contribution in [3.05, 3.63) is 40.4 Å². The van der Waals surface area contributed by atoms with Gasteiger partial charge in [0.15, 0.2) is 4.80 Å². The van der Waals surface area contributed by atoms with E-state index in [1.54, 1.807) is 23.7 Å². The van der Waals surface area contributed by atoms with E-state index < -0.39 is 0 Å². The number of hydrogen-bond donors (Lipinski definition) is 0. The highest BCUT2D eigenvalue weighted by atomic mass is 32.1. The summed E-state index contributed by atoms with van der Waals surface area (Å²) in [5.41, 5.74) is 2.19. The average Bonchev–Trinajstić information content (AvgIpc) is 2.85. The maximum absolute atomic E-state index is 4.71. The van der Waals surface area contributed by atoms with Gasteiger partial charge in [0.1, 0.15) is 0 Å². The van der Waals surface area contributed by atoms with E-state index in [0.29, 0.717) is 0 Å². The second-order valence-corrected chi connectivity index (χ2v) is 5.85. The minimum absolute atomic E-state index is 0.914. The molecule has 2 heterocycles. The molecule has 0 saturated carbocycles. The van der Waals surface area contributed by atoms with Gasteiger partial charge in [-0.3, -0.25) is 4.98 Å². The summed E-state index contributed by atoms with van der Waals surface area (Å²) in [7, 11) is 0. The van der Waals surface area contributed by atoms with E-state index in [4.69, 9.17) is 4.99 Å². The third-order valence-electron chi connectivity index (χ3n) is 3.61. The highest BCUT2D eigenvalue weighted by molar-refractivity contribution is 7.07. The summed E-state index contributed by atoms with van der Waals surface area (Å²) >= 11 is 1.70. The molecule has 2 aromatic rings. The molecule has 0 saturated heterocycles. The van der Waals surface area contributed by atoms with Gasteiger partial charge in [0.05, 0.1) is 11.9 Å². The predicted octanol–water partition coefficient (Wildman–Crippen LogP) is 3.22. The van der Waals surface area contributed by atoms with Crippen LogP contribution in [0.2, 0.25) is 0 Å². The van der Waals surface area contributed by atoms with Gasteiger partial charge in [-0.05, 0) is 45.1 Å². The van der Waals surface area contributed by atoms with E-state index in [0.717, 1.165) is 43.1 Å². The largest absolute Gasteiger partial charge is 0.321 e. The molecule has 2 rings (SSSR count). The van der Waals surface area contributed by atoms with Crippen molar-refractivity contribution in [3.8, 4) is 0 Å². The lowest BCUT2D eigenvalue weighted by molar-refractivity contribution is 0.292. The van der Waals surface area contributed by atoms with Crippen molar-refractivity contribution in [1.29, 1.82) is 0 Å². The van der Waals surface area contributed by atoms with Crippen LogP contribution in [-0.4, -0.2) is 34.1 Å². The zero-order valence-corrected chi connectivity index (χ0v) is 13.9. The van der Waals surface area contributed by atoms with Crippen molar-refractivity contribution in [2.45, 2.75) is 33.7 Å². The summed E-state index contributed by atoms with van der Waals surface area (Å²) in [5, 5.41) is 2.17. The molecule has 2 aromatic heterocycles. The average molecular weight is 304 g/mol. The third-order valence-corrected chi connectivity index (χ3v) is 4.59. The lowest BCUT2D eigenvalue weighted by Crippen LogP contribution is -2.26. The quantitative estimate of drug-likeness (QED) is 0.787. The summed E-state index contributed by atoms with van der Waals surface area (Å²) in [4.78, 5) is 12.3. The Balaban J connectivity index is 2.10. The minimum atomic E-state index is 0.914. The van der Waals surface area contributed by atoms with Crippen LogP contribution in [0.1, 0.15) is 26.0 Å². The van der Waals surface area contributed by atoms with Crippen LogP contribution >= 0.6 is 11.3 Å². The van der Waals surface area contributed by atoms with Crippen LogP contribution in [0.15, 0.2) is 34.9 Å². The van der Waals surface area contributed by atoms with Gasteiger partial charge in [-0.15, -0.1) is 11.3 Å². The molecule has 0 aromatic carbocycles. The molecule has 114 valence electrons. The van der Waals surface area contributed by atoms with E-state index in [1.165, 1.54) is 5.69 Å². The van der Waals surface area contributed by atoms with Crippen LogP contribution in [0.3, 0.4) is 0 Å². The van der Waals surface area contributed by atoms with Crippen LogP contribution in [-0.2, 0) is 6.54 Å². The van der Waals surface area contributed by atoms with Gasteiger partial charge in [0, 0.05) is 23.8 Å². The zero-order valence-electron chi connectivity index (χ0n) is 13.1. The molecule has 0 atom stereocenters. The van der Waals surface area contributed by atoms with Crippen LogP contribution in [0, 0.1) is 6.92 Å². The molecule has 21 heavy (non-hydrogen) atoms. The summed E-state index contributed by atoms with van der Waals surface area (Å²) in [6.45, 7) is 11.0. The summed E-state index contributed by atoms with van der Waals surface area (Å²) < 4.78 is 2.31. The Kier molecular flexibility index (Phi) is 6.14. The zero-order chi connectivity index (χ0) is 15.1. The number of nitrogens with zero attached hydrogens (tertiary/aromatic N) is 4. The molecule has 0 unspecified atom stereocenters. The number of pyridine rings is 1. The summed E-state index contributed by atoms with van der Waals surface area (Å²) in [6, 6.07) is 3.91. The van der Waals surface area contributed by atoms with E-state index in [1.807, 2.05) is 12.1 Å². The second kappa shape index (κ2) is 8.10. The molecule has 5 heteroatoms. The Morgan fingerprint density at radius 3 is 2.81 bits per heavy atom. The smallest absolute Gasteiger partial charge is 0.190 e. The van der Waals surface area contributed by atoms with Gasteiger partial charge in [0.2, 0.25) is 0 Å². The van der Waals surface area contributed by atoms with Crippen LogP contribution in [0.25, 0.3) is 0 Å². The van der Waals surface area contributed by atoms with Gasteiger partial charge in [-0.25, -0.2) is 4.99 Å². The molecule has 0 aliphatic carbocycles. The first kappa shape index (κ1) is 15.9. The molecule has 0 fully saturated rings. The fourth-order valence-electron chi connectivity index (χ4n) is 2.30. The number of aromatic nitrogens is 2. The summed E-state index contributed by atoms with van der Waals surface area (Å²) in [5.74, 6) is 0. The highest BCUT2D eigenvalue weighted by Gasteiger charge is 2.03. The Hall–Kier alpha value is -1.46. The molecule has 0 aliphatic rings. The monoisotopic (exact) mass is 304 g/mol. The molecule has 0 aliphatic heterocycles. The van der Waals surface area contributed by atoms with Gasteiger partial charge in [-0.1, -0.05) is 13.8 Å². The maximum atomic E-state index is 4.71. The Morgan fingerprint density at radius 2 is 2.14 bits per heavy atom. The Bertz CT molecular complexity index is 596. The molecule has 0 amide bonds. The molecule has 0 bridgehead atoms. The number of thiazole rings is 1. The Labute approximate surface area is 130 Å². The summed E-state index contributed by atoms with van der Waals surface area (Å²) in [6.07, 6.45) is 4.73. The molecular formula is C16H24N4S. The van der Waals surface area contributed by atoms with E-state index in [9.17, 15) is 0 Å². The second-order valence-electron chi connectivity index (χ2n) is 5.01. The lowest BCUT2D eigenvalue weighted by Gasteiger charge is -2.18. The van der Waals surface area contributed by atoms with Gasteiger partial charge < -0.3 is 9.47 Å². The molecular weight excluding hydrogens is 280 g/mol. The SMILES string of the molecule is CCN(CC)CCCn1c(C)csc1=Nc1cccnc1. The molecule has 0 spiro atoms. The van der Waals surface area contributed by atoms with Gasteiger partial charge in [0.25, 0.3) is 0 Å². The van der Waals surface area contributed by atoms with Crippen LogP contribution in [0.4, 0.5) is 5.69 Å². The van der Waals surface area contributed by atoms with Crippen molar-refractivity contribution >= 4 is 17.0 Å². The normalized spacial score (nSPS) is 12.3. The number of aryl methyl sites for hydroxylation is 1. The van der Waals surface area contributed by atoms with E-state index >= 15 is 0 Å². The fraction of sp³-hybridized carbons (Fsp3) is 0.500. The van der Waals surface area contributed by atoms with Crippen LogP contribution in [0.5, 0.6) is 0 Å². The van der Waals surface area contributed by atoms with Crippen molar-refractivity contribution in [3.63, 3.8) is 0 Å². The van der Waals surface area contributed by atoms with Crippen molar-refractivity contribution < 1.29 is 0 Å². The first-order valence-electron chi connectivity index (χ1n) is 7.56. The topological polar surface area (TPSA) is 33.4 Å². The van der Waals surface area contributed by atoms with Crippen molar-refractivity contribution in [2.24, 2.45) is 4.99 Å². The lowest BCUT2D eigenvalue weighted by atomic mass is 10.3. The first-order valence-corrected chi connectivity index (χ1v) is 8.44. The first-order chi connectivity index (χ1) is 10.2. The third kappa shape index (κ3) is 4.51. The maximum Gasteiger partial charge on any atom is 0.190 e. The standard InChI is InChI=1S/C16H24N4S/c1-4-19(5-2)10-7-11-20-14(3)13-21-16(20)18-15-8-6-9-17-12-15/h6,8-9,12-13H,4-5,7,10-11H2,1-3H3.